The van der Waals surface area contributed by atoms with Crippen LogP contribution >= 0.6 is 0 Å². The summed E-state index contributed by atoms with van der Waals surface area (Å²) in [5.74, 6) is 0.908. The quantitative estimate of drug-likeness (QED) is 0.722. The molecular formula is C9H14O3. The van der Waals surface area contributed by atoms with Crippen LogP contribution < -0.4 is 0 Å². The minimum atomic E-state index is -0.389. The third-order valence-corrected chi connectivity index (χ3v) is 1.66. The van der Waals surface area contributed by atoms with E-state index in [9.17, 15) is 5.11 Å². The maximum atomic E-state index is 9.28. The molecule has 68 valence electrons. The van der Waals surface area contributed by atoms with Crippen molar-refractivity contribution in [3.8, 4) is 0 Å². The van der Waals surface area contributed by atoms with Gasteiger partial charge in [0.25, 0.3) is 0 Å². The van der Waals surface area contributed by atoms with E-state index in [0.717, 1.165) is 12.2 Å². The summed E-state index contributed by atoms with van der Waals surface area (Å²) < 4.78 is 9.90. The zero-order valence-electron chi connectivity index (χ0n) is 7.19. The van der Waals surface area contributed by atoms with Crippen LogP contribution in [0.4, 0.5) is 0 Å². The molecule has 0 aromatic carbocycles. The summed E-state index contributed by atoms with van der Waals surface area (Å²) in [6.07, 6.45) is 2.69. The summed E-state index contributed by atoms with van der Waals surface area (Å²) in [6, 6.07) is 3.75. The Morgan fingerprint density at radius 2 is 2.50 bits per heavy atom. The number of methoxy groups -OCH3 is 1. The first-order valence-corrected chi connectivity index (χ1v) is 4.02. The van der Waals surface area contributed by atoms with Crippen LogP contribution in [0.5, 0.6) is 0 Å². The standard InChI is InChI=1S/C9H14O3/c1-11-7-8(10)4-5-9-3-2-6-12-9/h2-3,6,8,10H,4-5,7H2,1H3. The highest BCUT2D eigenvalue weighted by Gasteiger charge is 2.04. The molecule has 1 heterocycles. The molecule has 1 unspecified atom stereocenters. The SMILES string of the molecule is COCC(O)CCc1ccco1. The molecule has 3 heteroatoms. The van der Waals surface area contributed by atoms with E-state index in [-0.39, 0.29) is 6.10 Å². The summed E-state index contributed by atoms with van der Waals surface area (Å²) >= 11 is 0. The van der Waals surface area contributed by atoms with Crippen LogP contribution in [0, 0.1) is 0 Å². The lowest BCUT2D eigenvalue weighted by molar-refractivity contribution is 0.0587. The van der Waals surface area contributed by atoms with E-state index in [2.05, 4.69) is 0 Å². The second kappa shape index (κ2) is 4.95. The zero-order valence-corrected chi connectivity index (χ0v) is 7.19. The first-order chi connectivity index (χ1) is 5.83. The smallest absolute Gasteiger partial charge is 0.103 e. The van der Waals surface area contributed by atoms with Gasteiger partial charge in [-0.05, 0) is 18.6 Å². The van der Waals surface area contributed by atoms with Gasteiger partial charge in [0, 0.05) is 13.5 Å². The Labute approximate surface area is 72.0 Å². The van der Waals surface area contributed by atoms with Gasteiger partial charge in [0.1, 0.15) is 5.76 Å². The fourth-order valence-electron chi connectivity index (χ4n) is 1.04. The largest absolute Gasteiger partial charge is 0.469 e. The number of hydrogen-bond acceptors (Lipinski definition) is 3. The van der Waals surface area contributed by atoms with Crippen LogP contribution in [0.25, 0.3) is 0 Å². The Kier molecular flexibility index (Phi) is 3.84. The number of ether oxygens (including phenoxy) is 1. The van der Waals surface area contributed by atoms with Crippen molar-refractivity contribution >= 4 is 0 Å². The predicted octanol–water partition coefficient (Wildman–Crippen LogP) is 1.22. The van der Waals surface area contributed by atoms with Crippen LogP contribution in [0.15, 0.2) is 22.8 Å². The third kappa shape index (κ3) is 3.07. The van der Waals surface area contributed by atoms with Crippen molar-refractivity contribution in [2.24, 2.45) is 0 Å². The third-order valence-electron chi connectivity index (χ3n) is 1.66. The van der Waals surface area contributed by atoms with Crippen LogP contribution in [0.3, 0.4) is 0 Å². The van der Waals surface area contributed by atoms with Gasteiger partial charge < -0.3 is 14.3 Å². The highest BCUT2D eigenvalue weighted by molar-refractivity contribution is 4.98. The maximum absolute atomic E-state index is 9.28. The molecule has 3 nitrogen and oxygen atoms in total. The van der Waals surface area contributed by atoms with Gasteiger partial charge in [-0.1, -0.05) is 0 Å². The molecule has 0 aliphatic rings. The van der Waals surface area contributed by atoms with Crippen molar-refractivity contribution in [3.63, 3.8) is 0 Å². The van der Waals surface area contributed by atoms with Crippen molar-refractivity contribution in [3.05, 3.63) is 24.2 Å². The van der Waals surface area contributed by atoms with Gasteiger partial charge in [-0.25, -0.2) is 0 Å². The number of rotatable bonds is 5. The van der Waals surface area contributed by atoms with Gasteiger partial charge in [0.05, 0.1) is 19.0 Å². The van der Waals surface area contributed by atoms with Crippen LogP contribution in [-0.2, 0) is 11.2 Å². The van der Waals surface area contributed by atoms with E-state index < -0.39 is 0 Å². The normalized spacial score (nSPS) is 13.2. The molecule has 0 aliphatic heterocycles. The van der Waals surface area contributed by atoms with Crippen LogP contribution in [0.2, 0.25) is 0 Å². The minimum Gasteiger partial charge on any atom is -0.469 e. The van der Waals surface area contributed by atoms with Gasteiger partial charge in [-0.3, -0.25) is 0 Å². The Morgan fingerprint density at radius 1 is 1.67 bits per heavy atom. The summed E-state index contributed by atoms with van der Waals surface area (Å²) in [5.41, 5.74) is 0. The summed E-state index contributed by atoms with van der Waals surface area (Å²) in [7, 11) is 1.58. The summed E-state index contributed by atoms with van der Waals surface area (Å²) in [6.45, 7) is 0.390. The van der Waals surface area contributed by atoms with E-state index in [1.54, 1.807) is 13.4 Å². The monoisotopic (exact) mass is 170 g/mol. The number of hydrogen-bond donors (Lipinski definition) is 1. The number of aliphatic hydroxyl groups excluding tert-OH is 1. The molecule has 1 aromatic heterocycles. The maximum Gasteiger partial charge on any atom is 0.103 e. The highest BCUT2D eigenvalue weighted by atomic mass is 16.5. The van der Waals surface area contributed by atoms with Crippen LogP contribution in [-0.4, -0.2) is 24.9 Å². The average Bonchev–Trinajstić information content (AvgIpc) is 2.53. The topological polar surface area (TPSA) is 42.6 Å². The molecule has 1 aromatic rings. The van der Waals surface area contributed by atoms with Crippen LogP contribution in [0.1, 0.15) is 12.2 Å². The molecule has 1 N–H and O–H groups in total. The van der Waals surface area contributed by atoms with Gasteiger partial charge in [0.2, 0.25) is 0 Å². The molecule has 0 fully saturated rings. The molecule has 0 saturated carbocycles. The van der Waals surface area contributed by atoms with Gasteiger partial charge in [0.15, 0.2) is 0 Å². The summed E-state index contributed by atoms with van der Waals surface area (Å²) in [4.78, 5) is 0. The van der Waals surface area contributed by atoms with E-state index in [4.69, 9.17) is 9.15 Å². The highest BCUT2D eigenvalue weighted by Crippen LogP contribution is 2.05. The molecule has 1 atom stereocenters. The van der Waals surface area contributed by atoms with Crippen molar-refractivity contribution < 1.29 is 14.3 Å². The molecule has 0 amide bonds. The molecule has 0 spiro atoms. The van der Waals surface area contributed by atoms with Gasteiger partial charge in [-0.2, -0.15) is 0 Å². The summed E-state index contributed by atoms with van der Waals surface area (Å²) in [5, 5.41) is 9.28. The Bertz CT molecular complexity index is 194. The molecule has 0 saturated heterocycles. The molecule has 1 rings (SSSR count). The van der Waals surface area contributed by atoms with Crippen molar-refractivity contribution in [2.45, 2.75) is 18.9 Å². The second-order valence-electron chi connectivity index (χ2n) is 2.73. The minimum absolute atomic E-state index is 0.389. The molecule has 12 heavy (non-hydrogen) atoms. The number of aryl methyl sites for hydroxylation is 1. The first kappa shape index (κ1) is 9.29. The second-order valence-corrected chi connectivity index (χ2v) is 2.73. The fourth-order valence-corrected chi connectivity index (χ4v) is 1.04. The first-order valence-electron chi connectivity index (χ1n) is 4.02. The van der Waals surface area contributed by atoms with Gasteiger partial charge >= 0.3 is 0 Å². The van der Waals surface area contributed by atoms with Crippen molar-refractivity contribution in [2.75, 3.05) is 13.7 Å². The van der Waals surface area contributed by atoms with E-state index in [0.29, 0.717) is 13.0 Å². The lowest BCUT2D eigenvalue weighted by Crippen LogP contribution is -2.14. The molecule has 0 bridgehead atoms. The van der Waals surface area contributed by atoms with E-state index in [1.807, 2.05) is 12.1 Å². The van der Waals surface area contributed by atoms with Crippen molar-refractivity contribution in [1.82, 2.24) is 0 Å². The molecule has 0 aliphatic carbocycles. The Hall–Kier alpha value is -0.800. The van der Waals surface area contributed by atoms with E-state index >= 15 is 0 Å². The van der Waals surface area contributed by atoms with E-state index in [1.165, 1.54) is 0 Å². The number of aliphatic hydroxyl groups is 1. The van der Waals surface area contributed by atoms with Crippen molar-refractivity contribution in [1.29, 1.82) is 0 Å². The number of furan rings is 1. The molecular weight excluding hydrogens is 156 g/mol. The fraction of sp³-hybridized carbons (Fsp3) is 0.556. The average molecular weight is 170 g/mol. The lowest BCUT2D eigenvalue weighted by Gasteiger charge is -2.06. The van der Waals surface area contributed by atoms with Gasteiger partial charge in [-0.15, -0.1) is 0 Å². The predicted molar refractivity (Wildman–Crippen MR) is 44.9 cm³/mol. The Balaban J connectivity index is 2.17. The molecule has 0 radical (unpaired) electrons. The Morgan fingerprint density at radius 3 is 3.08 bits per heavy atom. The zero-order chi connectivity index (χ0) is 8.81. The lowest BCUT2D eigenvalue weighted by atomic mass is 10.2.